The van der Waals surface area contributed by atoms with Gasteiger partial charge in [-0.25, -0.2) is 0 Å². The zero-order valence-electron chi connectivity index (χ0n) is 5.50. The Hall–Kier alpha value is 0.790. The summed E-state index contributed by atoms with van der Waals surface area (Å²) in [5, 5.41) is 0. The van der Waals surface area contributed by atoms with Gasteiger partial charge in [-0.05, 0) is 45.8 Å². The summed E-state index contributed by atoms with van der Waals surface area (Å²) in [5.41, 5.74) is 0. The molecular weight excluding hydrogens is 180 g/mol. The van der Waals surface area contributed by atoms with Crippen molar-refractivity contribution in [1.29, 1.82) is 0 Å². The van der Waals surface area contributed by atoms with Gasteiger partial charge in [-0.1, -0.05) is 16.9 Å². The van der Waals surface area contributed by atoms with E-state index in [9.17, 15) is 0 Å². The molecule has 2 aliphatic carbocycles. The second kappa shape index (κ2) is 1.93. The summed E-state index contributed by atoms with van der Waals surface area (Å²) in [4.78, 5) is 1.69. The number of hydrogen-bond acceptors (Lipinski definition) is 3. The summed E-state index contributed by atoms with van der Waals surface area (Å²) in [5.74, 6) is 0.955. The van der Waals surface area contributed by atoms with Gasteiger partial charge in [-0.3, -0.25) is 0 Å². The predicted molar refractivity (Wildman–Crippen MR) is 50.9 cm³/mol. The van der Waals surface area contributed by atoms with Crippen LogP contribution in [0.2, 0.25) is 0 Å². The van der Waals surface area contributed by atoms with E-state index in [1.54, 1.807) is 4.91 Å². The summed E-state index contributed by atoms with van der Waals surface area (Å²) in [6.45, 7) is 0. The molecule has 0 radical (unpaired) electrons. The largest absolute Gasteiger partial charge is 0.0699 e. The highest BCUT2D eigenvalue weighted by molar-refractivity contribution is 9.12. The zero-order chi connectivity index (χ0) is 6.60. The summed E-state index contributed by atoms with van der Waals surface area (Å²) in [6.07, 6.45) is 6.87. The first-order valence-electron chi connectivity index (χ1n) is 3.64. The number of allylic oxidation sites excluding steroid dienone is 1. The van der Waals surface area contributed by atoms with Crippen molar-refractivity contribution >= 4 is 31.4 Å². The lowest BCUT2D eigenvalue weighted by atomic mass is 10.1. The van der Waals surface area contributed by atoms with Crippen LogP contribution in [0.3, 0.4) is 0 Å². The fourth-order valence-corrected chi connectivity index (χ4v) is 8.36. The molecule has 3 aliphatic rings. The molecule has 0 aromatic rings. The maximum absolute atomic E-state index is 2.52. The van der Waals surface area contributed by atoms with Gasteiger partial charge in [0.1, 0.15) is 0 Å². The first-order valence-corrected chi connectivity index (χ1v) is 7.12. The summed E-state index contributed by atoms with van der Waals surface area (Å²) >= 11 is 0. The molecular formula is C7H8S3. The number of hydrogen-bond donors (Lipinski definition) is 0. The third kappa shape index (κ3) is 0.644. The predicted octanol–water partition coefficient (Wildman–Crippen LogP) is 3.47. The molecule has 2 bridgehead atoms. The highest BCUT2D eigenvalue weighted by Crippen LogP contribution is 2.70. The van der Waals surface area contributed by atoms with Crippen molar-refractivity contribution < 1.29 is 0 Å². The first kappa shape index (κ1) is 6.32. The monoisotopic (exact) mass is 188 g/mol. The summed E-state index contributed by atoms with van der Waals surface area (Å²) < 4.78 is 0.625. The topological polar surface area (TPSA) is 0 Å². The average Bonchev–Trinajstić information content (AvgIpc) is 2.48. The Labute approximate surface area is 72.4 Å². The van der Waals surface area contributed by atoms with Gasteiger partial charge >= 0.3 is 0 Å². The van der Waals surface area contributed by atoms with Crippen molar-refractivity contribution in [2.24, 2.45) is 5.92 Å². The maximum atomic E-state index is 2.52. The van der Waals surface area contributed by atoms with Crippen molar-refractivity contribution in [3.05, 3.63) is 11.0 Å². The van der Waals surface area contributed by atoms with Crippen LogP contribution in [0.1, 0.15) is 19.3 Å². The van der Waals surface area contributed by atoms with E-state index in [0.29, 0.717) is 4.75 Å². The van der Waals surface area contributed by atoms with Gasteiger partial charge in [0.05, 0.1) is 4.75 Å². The fraction of sp³-hybridized carbons (Fsp3) is 0.714. The molecule has 1 heterocycles. The number of fused-ring (bicyclic) bond motifs is 1. The Balaban J connectivity index is 2.11. The smallest absolute Gasteiger partial charge is 0.0590 e. The van der Waals surface area contributed by atoms with E-state index < -0.39 is 0 Å². The minimum Gasteiger partial charge on any atom is -0.0699 e. The van der Waals surface area contributed by atoms with Crippen LogP contribution >= 0.6 is 31.4 Å². The molecule has 1 aliphatic heterocycles. The Morgan fingerprint density at radius 2 is 2.60 bits per heavy atom. The molecule has 0 N–H and O–H groups in total. The molecule has 0 nitrogen and oxygen atoms in total. The fourth-order valence-electron chi connectivity index (χ4n) is 2.12. The second-order valence-electron chi connectivity index (χ2n) is 3.26. The first-order chi connectivity index (χ1) is 4.89. The van der Waals surface area contributed by atoms with Crippen LogP contribution in [0.5, 0.6) is 0 Å². The Kier molecular flexibility index (Phi) is 1.22. The van der Waals surface area contributed by atoms with E-state index >= 15 is 0 Å². The average molecular weight is 188 g/mol. The van der Waals surface area contributed by atoms with Crippen LogP contribution in [0.15, 0.2) is 11.0 Å². The summed E-state index contributed by atoms with van der Waals surface area (Å²) in [7, 11) is 6.10. The van der Waals surface area contributed by atoms with Crippen LogP contribution in [0, 0.1) is 5.92 Å². The molecule has 3 rings (SSSR count). The van der Waals surface area contributed by atoms with Gasteiger partial charge < -0.3 is 0 Å². The molecule has 3 heteroatoms. The van der Waals surface area contributed by atoms with Crippen LogP contribution in [-0.2, 0) is 0 Å². The minimum absolute atomic E-state index is 0.625. The van der Waals surface area contributed by atoms with Crippen molar-refractivity contribution in [2.75, 3.05) is 0 Å². The molecule has 1 saturated heterocycles. The van der Waals surface area contributed by atoms with Gasteiger partial charge in [0.25, 0.3) is 0 Å². The molecule has 0 amide bonds. The Bertz CT molecular complexity index is 207. The van der Waals surface area contributed by atoms with Crippen LogP contribution in [0.25, 0.3) is 0 Å². The van der Waals surface area contributed by atoms with Gasteiger partial charge in [-0.15, -0.1) is 0 Å². The second-order valence-corrected chi connectivity index (χ2v) is 7.59. The van der Waals surface area contributed by atoms with Crippen molar-refractivity contribution in [1.82, 2.24) is 0 Å². The summed E-state index contributed by atoms with van der Waals surface area (Å²) in [6, 6.07) is 0. The molecule has 1 saturated carbocycles. The van der Waals surface area contributed by atoms with Gasteiger partial charge in [0.15, 0.2) is 0 Å². The lowest BCUT2D eigenvalue weighted by molar-refractivity contribution is 0.699. The van der Waals surface area contributed by atoms with Gasteiger partial charge in [0, 0.05) is 4.91 Å². The molecule has 2 fully saturated rings. The molecule has 1 spiro atoms. The molecule has 2 unspecified atom stereocenters. The van der Waals surface area contributed by atoms with Gasteiger partial charge in [0.2, 0.25) is 0 Å². The van der Waals surface area contributed by atoms with E-state index in [2.05, 4.69) is 16.9 Å². The van der Waals surface area contributed by atoms with Crippen LogP contribution < -0.4 is 0 Å². The van der Waals surface area contributed by atoms with Crippen molar-refractivity contribution in [3.8, 4) is 0 Å². The quantitative estimate of drug-likeness (QED) is 0.534. The highest BCUT2D eigenvalue weighted by Gasteiger charge is 2.51. The highest BCUT2D eigenvalue weighted by atomic mass is 33.5. The van der Waals surface area contributed by atoms with Crippen molar-refractivity contribution in [3.63, 3.8) is 0 Å². The lowest BCUT2D eigenvalue weighted by Crippen LogP contribution is -2.14. The molecule has 0 aromatic heterocycles. The third-order valence-electron chi connectivity index (χ3n) is 2.66. The SMILES string of the molecule is C1=C2SSSC23CCC1C3. The molecule has 54 valence electrons. The zero-order valence-corrected chi connectivity index (χ0v) is 7.95. The van der Waals surface area contributed by atoms with Crippen LogP contribution in [-0.4, -0.2) is 4.75 Å². The molecule has 0 aromatic carbocycles. The van der Waals surface area contributed by atoms with E-state index in [-0.39, 0.29) is 0 Å². The van der Waals surface area contributed by atoms with E-state index in [1.165, 1.54) is 19.3 Å². The minimum atomic E-state index is 0.625. The number of rotatable bonds is 0. The lowest BCUT2D eigenvalue weighted by Gasteiger charge is -2.18. The maximum Gasteiger partial charge on any atom is 0.0590 e. The van der Waals surface area contributed by atoms with E-state index in [1.807, 2.05) is 20.6 Å². The normalized spacial score (nSPS) is 49.6. The van der Waals surface area contributed by atoms with Crippen LogP contribution in [0.4, 0.5) is 0 Å². The molecule has 10 heavy (non-hydrogen) atoms. The molecule has 2 atom stereocenters. The Morgan fingerprint density at radius 1 is 1.60 bits per heavy atom. The van der Waals surface area contributed by atoms with E-state index in [4.69, 9.17) is 0 Å². The van der Waals surface area contributed by atoms with E-state index in [0.717, 1.165) is 5.92 Å². The standard InChI is InChI=1S/C7H8S3/c1-2-7-4-5(1)3-6(7)8-10-9-7/h3,5H,1-2,4H2. The Morgan fingerprint density at radius 3 is 3.40 bits per heavy atom. The third-order valence-corrected chi connectivity index (χ3v) is 7.67. The van der Waals surface area contributed by atoms with Crippen molar-refractivity contribution in [2.45, 2.75) is 24.0 Å². The van der Waals surface area contributed by atoms with Gasteiger partial charge in [-0.2, -0.15) is 0 Å².